The Bertz CT molecular complexity index is 603. The maximum atomic E-state index is 12.3. The number of aromatic nitrogens is 3. The number of aromatic amines is 1. The average Bonchev–Trinajstić information content (AvgIpc) is 2.83. The summed E-state index contributed by atoms with van der Waals surface area (Å²) in [6.45, 7) is 3.90. The molecule has 2 aromatic rings. The summed E-state index contributed by atoms with van der Waals surface area (Å²) in [5.74, 6) is 0.122. The lowest BCUT2D eigenvalue weighted by Crippen LogP contribution is -2.07. The maximum absolute atomic E-state index is 12.3. The van der Waals surface area contributed by atoms with E-state index >= 15 is 0 Å². The summed E-state index contributed by atoms with van der Waals surface area (Å²) in [5, 5.41) is 8.99. The number of H-pyrrole nitrogens is 1. The molecule has 17 heavy (non-hydrogen) atoms. The molecule has 2 rings (SSSR count). The first-order chi connectivity index (χ1) is 8.03. The molecule has 0 spiro atoms. The molecule has 0 amide bonds. The number of nitrogens with one attached hydrogen (secondary N) is 1. The largest absolute Gasteiger partial charge is 0.351 e. The van der Waals surface area contributed by atoms with Crippen LogP contribution in [0.3, 0.4) is 0 Å². The second-order valence-electron chi connectivity index (χ2n) is 3.95. The van der Waals surface area contributed by atoms with Crippen LogP contribution >= 0.6 is 0 Å². The highest BCUT2D eigenvalue weighted by atomic mass is 32.2. The third-order valence-electron chi connectivity index (χ3n) is 2.45. The molecular weight excluding hydrogens is 238 g/mol. The molecule has 1 N–H and O–H groups in total. The predicted molar refractivity (Wildman–Crippen MR) is 61.2 cm³/mol. The van der Waals surface area contributed by atoms with E-state index in [9.17, 15) is 8.42 Å². The summed E-state index contributed by atoms with van der Waals surface area (Å²) < 4.78 is 24.6. The molecule has 1 aromatic carbocycles. The molecule has 0 saturated heterocycles. The van der Waals surface area contributed by atoms with Crippen LogP contribution in [0.2, 0.25) is 0 Å². The first-order valence-corrected chi connectivity index (χ1v) is 6.64. The molecule has 5 nitrogen and oxygen atoms in total. The van der Waals surface area contributed by atoms with E-state index in [0.717, 1.165) is 5.56 Å². The zero-order valence-electron chi connectivity index (χ0n) is 9.51. The van der Waals surface area contributed by atoms with E-state index in [4.69, 9.17) is 0 Å². The molecule has 0 radical (unpaired) electrons. The number of hydrogen-bond acceptors (Lipinski definition) is 4. The summed E-state index contributed by atoms with van der Waals surface area (Å²) in [5.41, 5.74) is 0.774. The van der Waals surface area contributed by atoms with Crippen molar-refractivity contribution < 1.29 is 8.42 Å². The lowest BCUT2D eigenvalue weighted by atomic mass is 10.0. The predicted octanol–water partition coefficient (Wildman–Crippen LogP) is 1.56. The van der Waals surface area contributed by atoms with Crippen molar-refractivity contribution in [2.75, 3.05) is 0 Å². The molecule has 1 heterocycles. The molecule has 0 unspecified atom stereocenters. The maximum Gasteiger partial charge on any atom is 0.191 e. The normalized spacial score (nSPS) is 11.9. The topological polar surface area (TPSA) is 75.7 Å². The number of nitrogens with zero attached hydrogens (tertiary/aromatic N) is 2. The smallest absolute Gasteiger partial charge is 0.191 e. The van der Waals surface area contributed by atoms with Crippen molar-refractivity contribution in [3.8, 4) is 0 Å². The van der Waals surface area contributed by atoms with Crippen molar-refractivity contribution in [3.63, 3.8) is 0 Å². The standard InChI is InChI=1S/C11H12N3O2S/c1-8(2)9-5-3-4-6-10(9)17(15,16)11-7-12-14-13-11/h3-6,8H,1-2H3,(H,12,13,14)/q-1. The Labute approximate surface area is 99.8 Å². The summed E-state index contributed by atoms with van der Waals surface area (Å²) in [7, 11) is -3.61. The Kier molecular flexibility index (Phi) is 2.97. The van der Waals surface area contributed by atoms with Gasteiger partial charge in [0, 0.05) is 0 Å². The summed E-state index contributed by atoms with van der Waals surface area (Å²) in [4.78, 5) is 0.275. The van der Waals surface area contributed by atoms with Gasteiger partial charge in [0.15, 0.2) is 9.84 Å². The Morgan fingerprint density at radius 3 is 2.59 bits per heavy atom. The van der Waals surface area contributed by atoms with Gasteiger partial charge in [-0.05, 0) is 22.6 Å². The van der Waals surface area contributed by atoms with Crippen LogP contribution < -0.4 is 0 Å². The minimum atomic E-state index is -3.61. The number of rotatable bonds is 3. The monoisotopic (exact) mass is 250 g/mol. The third-order valence-corrected chi connectivity index (χ3v) is 4.12. The average molecular weight is 250 g/mol. The molecule has 1 aromatic heterocycles. The van der Waals surface area contributed by atoms with Crippen LogP contribution in [0.4, 0.5) is 0 Å². The first kappa shape index (κ1) is 11.8. The van der Waals surface area contributed by atoms with E-state index in [1.807, 2.05) is 19.9 Å². The molecule has 0 saturated carbocycles. The molecule has 0 bridgehead atoms. The van der Waals surface area contributed by atoms with E-state index in [2.05, 4.69) is 21.6 Å². The van der Waals surface area contributed by atoms with E-state index in [-0.39, 0.29) is 15.8 Å². The molecule has 6 heteroatoms. The molecule has 90 valence electrons. The lowest BCUT2D eigenvalue weighted by Gasteiger charge is -2.14. The summed E-state index contributed by atoms with van der Waals surface area (Å²) >= 11 is 0. The van der Waals surface area contributed by atoms with E-state index in [1.54, 1.807) is 18.2 Å². The minimum absolute atomic E-state index is 0.106. The van der Waals surface area contributed by atoms with Gasteiger partial charge in [0.2, 0.25) is 0 Å². The zero-order valence-corrected chi connectivity index (χ0v) is 10.3. The van der Waals surface area contributed by atoms with Gasteiger partial charge in [-0.25, -0.2) is 8.42 Å². The Balaban J connectivity index is 2.62. The molecular formula is C11H12N3O2S-. The van der Waals surface area contributed by atoms with Gasteiger partial charge < -0.3 is 11.3 Å². The first-order valence-electron chi connectivity index (χ1n) is 5.16. The van der Waals surface area contributed by atoms with Gasteiger partial charge in [0.1, 0.15) is 0 Å². The Morgan fingerprint density at radius 2 is 2.00 bits per heavy atom. The van der Waals surface area contributed by atoms with Gasteiger partial charge in [-0.3, -0.25) is 5.10 Å². The second-order valence-corrected chi connectivity index (χ2v) is 5.80. The fourth-order valence-electron chi connectivity index (χ4n) is 1.60. The van der Waals surface area contributed by atoms with Crippen molar-refractivity contribution >= 4 is 9.84 Å². The molecule has 0 aliphatic rings. The van der Waals surface area contributed by atoms with Crippen LogP contribution in [0.5, 0.6) is 0 Å². The molecule has 0 atom stereocenters. The summed E-state index contributed by atoms with van der Waals surface area (Å²) in [6, 6.07) is 6.91. The van der Waals surface area contributed by atoms with Gasteiger partial charge >= 0.3 is 0 Å². The Hall–Kier alpha value is -1.69. The van der Waals surface area contributed by atoms with Crippen molar-refractivity contribution in [3.05, 3.63) is 36.0 Å². The van der Waals surface area contributed by atoms with Crippen molar-refractivity contribution in [1.82, 2.24) is 15.4 Å². The minimum Gasteiger partial charge on any atom is -0.351 e. The van der Waals surface area contributed by atoms with E-state index in [1.165, 1.54) is 0 Å². The second kappa shape index (κ2) is 4.29. The van der Waals surface area contributed by atoms with Gasteiger partial charge in [0.05, 0.1) is 4.90 Å². The summed E-state index contributed by atoms with van der Waals surface area (Å²) in [6.07, 6.45) is 2.34. The van der Waals surface area contributed by atoms with Crippen LogP contribution in [-0.4, -0.2) is 23.8 Å². The third kappa shape index (κ3) is 2.08. The SMILES string of the molecule is CC(C)c1ccccc1S(=O)(=O)c1[c-]nn[nH]1. The van der Waals surface area contributed by atoms with Crippen molar-refractivity contribution in [1.29, 1.82) is 0 Å². The van der Waals surface area contributed by atoms with Gasteiger partial charge in [-0.1, -0.05) is 32.0 Å². The fourth-order valence-corrected chi connectivity index (χ4v) is 3.01. The lowest BCUT2D eigenvalue weighted by molar-refractivity contribution is 0.589. The van der Waals surface area contributed by atoms with Crippen LogP contribution in [0.15, 0.2) is 34.2 Å². The molecule has 0 aliphatic carbocycles. The number of benzene rings is 1. The fraction of sp³-hybridized carbons (Fsp3) is 0.273. The molecule has 0 aliphatic heterocycles. The number of sulfone groups is 1. The highest BCUT2D eigenvalue weighted by Crippen LogP contribution is 2.27. The molecule has 0 fully saturated rings. The van der Waals surface area contributed by atoms with Gasteiger partial charge in [-0.15, -0.1) is 5.21 Å². The van der Waals surface area contributed by atoms with Crippen LogP contribution in [0, 0.1) is 6.20 Å². The van der Waals surface area contributed by atoms with E-state index < -0.39 is 9.84 Å². The number of hydrogen-bond donors (Lipinski definition) is 1. The van der Waals surface area contributed by atoms with Crippen LogP contribution in [-0.2, 0) is 9.84 Å². The zero-order chi connectivity index (χ0) is 12.5. The highest BCUT2D eigenvalue weighted by Gasteiger charge is 2.19. The quantitative estimate of drug-likeness (QED) is 0.839. The van der Waals surface area contributed by atoms with Crippen molar-refractivity contribution in [2.45, 2.75) is 29.7 Å². The van der Waals surface area contributed by atoms with Gasteiger partial charge in [-0.2, -0.15) is 0 Å². The van der Waals surface area contributed by atoms with E-state index in [0.29, 0.717) is 0 Å². The Morgan fingerprint density at radius 1 is 1.29 bits per heavy atom. The highest BCUT2D eigenvalue weighted by molar-refractivity contribution is 7.91. The van der Waals surface area contributed by atoms with Crippen molar-refractivity contribution in [2.24, 2.45) is 0 Å². The van der Waals surface area contributed by atoms with Gasteiger partial charge in [0.25, 0.3) is 0 Å². The van der Waals surface area contributed by atoms with Crippen LogP contribution in [0.1, 0.15) is 25.3 Å². The van der Waals surface area contributed by atoms with Crippen LogP contribution in [0.25, 0.3) is 0 Å².